The van der Waals surface area contributed by atoms with Crippen LogP contribution in [0.25, 0.3) is 0 Å². The molecule has 0 amide bonds. The molecule has 1 aromatic rings. The van der Waals surface area contributed by atoms with Crippen LogP contribution in [-0.4, -0.2) is 5.11 Å². The van der Waals surface area contributed by atoms with Crippen LogP contribution in [0.4, 0.5) is 13.2 Å². The number of alkyl halides is 3. The molecule has 14 heavy (non-hydrogen) atoms. The van der Waals surface area contributed by atoms with E-state index in [4.69, 9.17) is 39.9 Å². The number of aromatic hydroxyl groups is 1. The summed E-state index contributed by atoms with van der Waals surface area (Å²) in [5, 5.41) is 7.20. The van der Waals surface area contributed by atoms with Gasteiger partial charge in [-0.2, -0.15) is 13.2 Å². The van der Waals surface area contributed by atoms with Crippen molar-refractivity contribution in [2.45, 2.75) is 6.18 Å². The minimum Gasteiger partial charge on any atom is -0.505 e. The summed E-state index contributed by atoms with van der Waals surface area (Å²) in [6, 6.07) is 0.519. The quantitative estimate of drug-likeness (QED) is 0.691. The Morgan fingerprint density at radius 1 is 1.07 bits per heavy atom. The van der Waals surface area contributed by atoms with E-state index in [0.717, 1.165) is 0 Å². The zero-order valence-electron chi connectivity index (χ0n) is 6.29. The highest BCUT2D eigenvalue weighted by Crippen LogP contribution is 2.45. The highest BCUT2D eigenvalue weighted by atomic mass is 35.5. The first-order valence-corrected chi connectivity index (χ1v) is 4.32. The Hall–Kier alpha value is -0.320. The fraction of sp³-hybridized carbons (Fsp3) is 0.143. The van der Waals surface area contributed by atoms with Crippen LogP contribution in [0.1, 0.15) is 5.56 Å². The third-order valence-electron chi connectivity index (χ3n) is 1.44. The van der Waals surface area contributed by atoms with Gasteiger partial charge < -0.3 is 5.11 Å². The van der Waals surface area contributed by atoms with Crippen molar-refractivity contribution in [1.29, 1.82) is 0 Å². The molecule has 1 rings (SSSR count). The van der Waals surface area contributed by atoms with Gasteiger partial charge in [0.15, 0.2) is 5.75 Å². The van der Waals surface area contributed by atoms with Crippen molar-refractivity contribution in [3.8, 4) is 5.75 Å². The van der Waals surface area contributed by atoms with Crippen molar-refractivity contribution in [2.24, 2.45) is 0 Å². The molecule has 0 saturated heterocycles. The van der Waals surface area contributed by atoms with Crippen molar-refractivity contribution >= 4 is 34.8 Å². The normalized spacial score (nSPS) is 11.9. The summed E-state index contributed by atoms with van der Waals surface area (Å²) in [7, 11) is 0. The zero-order chi connectivity index (χ0) is 11.1. The lowest BCUT2D eigenvalue weighted by Crippen LogP contribution is -2.06. The molecule has 1 N–H and O–H groups in total. The van der Waals surface area contributed by atoms with Gasteiger partial charge in [-0.1, -0.05) is 34.8 Å². The number of rotatable bonds is 0. The summed E-state index contributed by atoms with van der Waals surface area (Å²) in [5.74, 6) is -0.661. The fourth-order valence-electron chi connectivity index (χ4n) is 0.792. The van der Waals surface area contributed by atoms with Gasteiger partial charge in [-0.3, -0.25) is 0 Å². The van der Waals surface area contributed by atoms with E-state index in [-0.39, 0.29) is 0 Å². The van der Waals surface area contributed by atoms with Crippen LogP contribution in [0.3, 0.4) is 0 Å². The van der Waals surface area contributed by atoms with Gasteiger partial charge in [-0.25, -0.2) is 0 Å². The summed E-state index contributed by atoms with van der Waals surface area (Å²) in [6.45, 7) is 0. The van der Waals surface area contributed by atoms with Crippen LogP contribution in [0.15, 0.2) is 6.07 Å². The fourth-order valence-corrected chi connectivity index (χ4v) is 1.50. The maximum Gasteiger partial charge on any atom is 0.417 e. The molecule has 0 radical (unpaired) electrons. The predicted molar refractivity (Wildman–Crippen MR) is 48.1 cm³/mol. The molecule has 0 aliphatic rings. The lowest BCUT2D eigenvalue weighted by atomic mass is 10.2. The monoisotopic (exact) mass is 264 g/mol. The molecule has 78 valence electrons. The molecule has 0 atom stereocenters. The molecule has 7 heteroatoms. The molecular formula is C7H2Cl3F3O. The van der Waals surface area contributed by atoms with Crippen LogP contribution in [-0.2, 0) is 6.18 Å². The number of hydrogen-bond acceptors (Lipinski definition) is 1. The van der Waals surface area contributed by atoms with E-state index < -0.39 is 32.6 Å². The molecular weight excluding hydrogens is 263 g/mol. The second kappa shape index (κ2) is 3.68. The summed E-state index contributed by atoms with van der Waals surface area (Å²) in [4.78, 5) is 0. The highest BCUT2D eigenvalue weighted by Gasteiger charge is 2.35. The van der Waals surface area contributed by atoms with Crippen LogP contribution in [0, 0.1) is 0 Å². The topological polar surface area (TPSA) is 20.2 Å². The molecule has 0 heterocycles. The summed E-state index contributed by atoms with van der Waals surface area (Å²) in [6.07, 6.45) is -4.65. The van der Waals surface area contributed by atoms with Crippen LogP contribution >= 0.6 is 34.8 Å². The van der Waals surface area contributed by atoms with Gasteiger partial charge >= 0.3 is 6.18 Å². The molecule has 0 aliphatic carbocycles. The Kier molecular flexibility index (Phi) is 3.09. The van der Waals surface area contributed by atoms with Gasteiger partial charge in [0.2, 0.25) is 0 Å². The minimum atomic E-state index is -4.65. The van der Waals surface area contributed by atoms with Gasteiger partial charge in [-0.05, 0) is 6.07 Å². The maximum atomic E-state index is 12.3. The number of halogens is 6. The molecule has 1 aromatic carbocycles. The summed E-state index contributed by atoms with van der Waals surface area (Å²) >= 11 is 15.9. The molecule has 0 aromatic heterocycles. The first kappa shape index (κ1) is 11.8. The highest BCUT2D eigenvalue weighted by molar-refractivity contribution is 6.45. The maximum absolute atomic E-state index is 12.3. The van der Waals surface area contributed by atoms with E-state index in [1.54, 1.807) is 0 Å². The molecule has 0 bridgehead atoms. The Bertz CT molecular complexity index is 375. The molecule has 0 spiro atoms. The average molecular weight is 265 g/mol. The minimum absolute atomic E-state index is 0.494. The van der Waals surface area contributed by atoms with Crippen LogP contribution in [0.5, 0.6) is 5.75 Å². The number of phenolic OH excluding ortho intramolecular Hbond substituents is 1. The predicted octanol–water partition coefficient (Wildman–Crippen LogP) is 4.37. The van der Waals surface area contributed by atoms with E-state index in [0.29, 0.717) is 6.07 Å². The lowest BCUT2D eigenvalue weighted by molar-refractivity contribution is -0.137. The summed E-state index contributed by atoms with van der Waals surface area (Å²) < 4.78 is 36.8. The molecule has 0 fully saturated rings. The standard InChI is InChI=1S/C7H2Cl3F3O/c8-3-1-2(7(11,12)13)4(9)5(10)6(3)14/h1,14H. The van der Waals surface area contributed by atoms with Gasteiger partial charge in [0.05, 0.1) is 15.6 Å². The number of phenols is 1. The Labute approximate surface area is 92.0 Å². The van der Waals surface area contributed by atoms with Gasteiger partial charge in [0.1, 0.15) is 5.02 Å². The second-order valence-electron chi connectivity index (χ2n) is 2.38. The second-order valence-corrected chi connectivity index (χ2v) is 3.54. The van der Waals surface area contributed by atoms with E-state index in [9.17, 15) is 13.2 Å². The van der Waals surface area contributed by atoms with Crippen molar-refractivity contribution < 1.29 is 18.3 Å². The Morgan fingerprint density at radius 2 is 1.57 bits per heavy atom. The zero-order valence-corrected chi connectivity index (χ0v) is 8.56. The molecule has 0 unspecified atom stereocenters. The van der Waals surface area contributed by atoms with Gasteiger partial charge in [0, 0.05) is 0 Å². The van der Waals surface area contributed by atoms with E-state index in [2.05, 4.69) is 0 Å². The van der Waals surface area contributed by atoms with E-state index in [1.807, 2.05) is 0 Å². The van der Waals surface area contributed by atoms with Gasteiger partial charge in [0.25, 0.3) is 0 Å². The first-order valence-electron chi connectivity index (χ1n) is 3.18. The average Bonchev–Trinajstić information content (AvgIpc) is 2.06. The molecule has 0 saturated carbocycles. The van der Waals surface area contributed by atoms with E-state index in [1.165, 1.54) is 0 Å². The Balaban J connectivity index is 3.49. The third kappa shape index (κ3) is 2.02. The Morgan fingerprint density at radius 3 is 2.00 bits per heavy atom. The number of benzene rings is 1. The molecule has 1 nitrogen and oxygen atoms in total. The largest absolute Gasteiger partial charge is 0.505 e. The number of hydrogen-bond donors (Lipinski definition) is 1. The SMILES string of the molecule is Oc1c(Cl)cc(C(F)(F)F)c(Cl)c1Cl. The summed E-state index contributed by atoms with van der Waals surface area (Å²) in [5.41, 5.74) is -1.17. The first-order chi connectivity index (χ1) is 6.25. The van der Waals surface area contributed by atoms with Crippen molar-refractivity contribution in [3.63, 3.8) is 0 Å². The molecule has 0 aliphatic heterocycles. The lowest BCUT2D eigenvalue weighted by Gasteiger charge is -2.11. The van der Waals surface area contributed by atoms with Crippen molar-refractivity contribution in [3.05, 3.63) is 26.7 Å². The van der Waals surface area contributed by atoms with Crippen LogP contribution in [0.2, 0.25) is 15.1 Å². The smallest absolute Gasteiger partial charge is 0.417 e. The third-order valence-corrected chi connectivity index (χ3v) is 2.59. The van der Waals surface area contributed by atoms with Gasteiger partial charge in [-0.15, -0.1) is 0 Å². The van der Waals surface area contributed by atoms with Crippen LogP contribution < -0.4 is 0 Å². The van der Waals surface area contributed by atoms with Crippen molar-refractivity contribution in [2.75, 3.05) is 0 Å². The van der Waals surface area contributed by atoms with E-state index >= 15 is 0 Å². The van der Waals surface area contributed by atoms with Crippen molar-refractivity contribution in [1.82, 2.24) is 0 Å².